The van der Waals surface area contributed by atoms with Crippen LogP contribution in [0.4, 0.5) is 4.39 Å². The van der Waals surface area contributed by atoms with Crippen molar-refractivity contribution in [2.24, 2.45) is 5.92 Å². The number of para-hydroxylation sites is 1. The summed E-state index contributed by atoms with van der Waals surface area (Å²) in [6, 6.07) is 14.5. The van der Waals surface area contributed by atoms with E-state index in [4.69, 9.17) is 4.74 Å². The number of hydrogen-bond donors (Lipinski definition) is 1. The number of rotatable bonds is 2. The Labute approximate surface area is 202 Å². The van der Waals surface area contributed by atoms with Crippen molar-refractivity contribution in [1.82, 2.24) is 9.58 Å². The van der Waals surface area contributed by atoms with E-state index in [-0.39, 0.29) is 36.7 Å². The Morgan fingerprint density at radius 2 is 1.83 bits per heavy atom. The fraction of sp³-hybridized carbons (Fsp3) is 0.259. The molecule has 0 radical (unpaired) electrons. The van der Waals surface area contributed by atoms with Gasteiger partial charge in [0.2, 0.25) is 5.43 Å². The van der Waals surface area contributed by atoms with E-state index in [1.165, 1.54) is 23.0 Å². The molecule has 5 rings (SSSR count). The van der Waals surface area contributed by atoms with Gasteiger partial charge in [-0.15, -0.1) is 0 Å². The van der Waals surface area contributed by atoms with Crippen molar-refractivity contribution in [3.8, 4) is 11.5 Å². The average molecular weight is 476 g/mol. The maximum Gasteiger partial charge on any atom is 0.278 e. The first-order chi connectivity index (χ1) is 16.9. The van der Waals surface area contributed by atoms with E-state index in [9.17, 15) is 14.7 Å². The second-order valence-electron chi connectivity index (χ2n) is 9.02. The summed E-state index contributed by atoms with van der Waals surface area (Å²) in [7, 11) is 0. The molecule has 3 heterocycles. The summed E-state index contributed by atoms with van der Waals surface area (Å²) in [5.74, 6) is -1.42. The molecule has 1 amide bonds. The number of pyridine rings is 1. The lowest BCUT2D eigenvalue weighted by molar-refractivity contribution is 0.0588. The number of aromatic hydroxyl groups is 1. The Balaban J connectivity index is 1.84. The molecule has 35 heavy (non-hydrogen) atoms. The molecule has 0 saturated heterocycles. The largest absolute Gasteiger partial charge is 0.502 e. The van der Waals surface area contributed by atoms with Crippen molar-refractivity contribution in [1.29, 1.82) is 0 Å². The Bertz CT molecular complexity index is 1350. The third kappa shape index (κ3) is 3.84. The van der Waals surface area contributed by atoms with E-state index in [0.717, 1.165) is 5.56 Å². The second kappa shape index (κ2) is 8.94. The van der Waals surface area contributed by atoms with Gasteiger partial charge in [0.05, 0.1) is 6.04 Å². The molecule has 3 aromatic rings. The molecule has 2 aliphatic heterocycles. The monoisotopic (exact) mass is 475 g/mol. The minimum Gasteiger partial charge on any atom is -0.502 e. The van der Waals surface area contributed by atoms with Crippen molar-refractivity contribution in [3.05, 3.63) is 106 Å². The third-order valence-electron chi connectivity index (χ3n) is 6.50. The van der Waals surface area contributed by atoms with Gasteiger partial charge in [0.15, 0.2) is 23.0 Å². The van der Waals surface area contributed by atoms with Crippen LogP contribution in [0.1, 0.15) is 41.5 Å². The predicted molar refractivity (Wildman–Crippen MR) is 130 cm³/mol. The highest BCUT2D eigenvalue weighted by Gasteiger charge is 2.40. The minimum absolute atomic E-state index is 0.0243. The molecule has 2 aromatic carbocycles. The number of halogens is 1. The molecule has 0 spiro atoms. The fourth-order valence-corrected chi connectivity index (χ4v) is 4.84. The van der Waals surface area contributed by atoms with Crippen molar-refractivity contribution in [3.63, 3.8) is 0 Å². The Kier molecular flexibility index (Phi) is 5.80. The van der Waals surface area contributed by atoms with Gasteiger partial charge >= 0.3 is 0 Å². The van der Waals surface area contributed by atoms with Gasteiger partial charge in [0, 0.05) is 17.8 Å². The first-order valence-corrected chi connectivity index (χ1v) is 11.5. The van der Waals surface area contributed by atoms with Gasteiger partial charge in [-0.2, -0.15) is 0 Å². The lowest BCUT2D eigenvalue weighted by Gasteiger charge is -2.46. The standard InChI is InChI=1S/C27H26FN3O4/c1-17(2)21-12-7-15-35-26-19(10-6-11-20(26)28)23(18-8-4-3-5-9-18)31-16-29(21)27(34)24-25(33)22(32)13-14-30(24)31/h3-14,17,21,23,33H,15-16H2,1-2H3/b12-7-/t21-,23-/m0/s1. The van der Waals surface area contributed by atoms with Crippen molar-refractivity contribution >= 4 is 5.91 Å². The van der Waals surface area contributed by atoms with E-state index >= 15 is 4.39 Å². The normalized spacial score (nSPS) is 20.5. The first-order valence-electron chi connectivity index (χ1n) is 11.5. The summed E-state index contributed by atoms with van der Waals surface area (Å²) >= 11 is 0. The number of hydrogen-bond acceptors (Lipinski definition) is 5. The molecule has 180 valence electrons. The van der Waals surface area contributed by atoms with Crippen LogP contribution in [0.3, 0.4) is 0 Å². The lowest BCUT2D eigenvalue weighted by Crippen LogP contribution is -2.58. The van der Waals surface area contributed by atoms with Crippen LogP contribution in [0.25, 0.3) is 0 Å². The van der Waals surface area contributed by atoms with Crippen molar-refractivity contribution in [2.75, 3.05) is 18.3 Å². The summed E-state index contributed by atoms with van der Waals surface area (Å²) in [6.07, 6.45) is 5.11. The van der Waals surface area contributed by atoms with Crippen LogP contribution in [-0.4, -0.2) is 39.9 Å². The maximum absolute atomic E-state index is 15.1. The molecule has 0 unspecified atom stereocenters. The zero-order chi connectivity index (χ0) is 24.7. The second-order valence-corrected chi connectivity index (χ2v) is 9.02. The molecule has 0 saturated carbocycles. The molecule has 1 N–H and O–H groups in total. The molecule has 0 fully saturated rings. The Morgan fingerprint density at radius 3 is 2.57 bits per heavy atom. The number of carbonyl (C=O) groups excluding carboxylic acids is 1. The maximum atomic E-state index is 15.1. The van der Waals surface area contributed by atoms with E-state index in [0.29, 0.717) is 5.56 Å². The van der Waals surface area contributed by atoms with Gasteiger partial charge in [-0.25, -0.2) is 4.39 Å². The van der Waals surface area contributed by atoms with Crippen LogP contribution >= 0.6 is 0 Å². The zero-order valence-electron chi connectivity index (χ0n) is 19.5. The van der Waals surface area contributed by atoms with Gasteiger partial charge in [0.25, 0.3) is 5.91 Å². The molecule has 2 bridgehead atoms. The molecule has 7 nitrogen and oxygen atoms in total. The summed E-state index contributed by atoms with van der Waals surface area (Å²) in [4.78, 5) is 27.7. The Hall–Kier alpha value is -4.07. The first kappa shape index (κ1) is 22.7. The topological polar surface area (TPSA) is 75.0 Å². The van der Waals surface area contributed by atoms with Crippen molar-refractivity contribution < 1.29 is 19.0 Å². The molecular formula is C27H26FN3O4. The van der Waals surface area contributed by atoms with Crippen LogP contribution in [0.15, 0.2) is 77.7 Å². The van der Waals surface area contributed by atoms with E-state index in [1.54, 1.807) is 23.1 Å². The van der Waals surface area contributed by atoms with Crippen LogP contribution in [0.2, 0.25) is 0 Å². The summed E-state index contributed by atoms with van der Waals surface area (Å²) in [6.45, 7) is 4.24. The third-order valence-corrected chi connectivity index (χ3v) is 6.50. The van der Waals surface area contributed by atoms with Gasteiger partial charge in [-0.3, -0.25) is 19.3 Å². The zero-order valence-corrected chi connectivity index (χ0v) is 19.5. The van der Waals surface area contributed by atoms with Crippen LogP contribution in [0.5, 0.6) is 11.5 Å². The highest BCUT2D eigenvalue weighted by atomic mass is 19.1. The molecule has 2 aliphatic rings. The molecule has 2 atom stereocenters. The average Bonchev–Trinajstić information content (AvgIpc) is 2.87. The number of fused-ring (bicyclic) bond motifs is 5. The van der Waals surface area contributed by atoms with Gasteiger partial charge < -0.3 is 14.7 Å². The molecule has 0 aliphatic carbocycles. The van der Waals surface area contributed by atoms with Gasteiger partial charge in [-0.1, -0.05) is 62.4 Å². The number of benzene rings is 2. The highest BCUT2D eigenvalue weighted by molar-refractivity contribution is 5.96. The number of aromatic nitrogens is 1. The van der Waals surface area contributed by atoms with Crippen molar-refractivity contribution in [2.45, 2.75) is 25.9 Å². The van der Waals surface area contributed by atoms with Crippen LogP contribution < -0.4 is 15.2 Å². The van der Waals surface area contributed by atoms with Crippen LogP contribution in [0, 0.1) is 11.7 Å². The summed E-state index contributed by atoms with van der Waals surface area (Å²) in [5, 5.41) is 12.6. The number of nitrogens with zero attached hydrogens (tertiary/aromatic N) is 3. The summed E-state index contributed by atoms with van der Waals surface area (Å²) < 4.78 is 22.5. The minimum atomic E-state index is -0.640. The number of amides is 1. The lowest BCUT2D eigenvalue weighted by atomic mass is 9.96. The van der Waals surface area contributed by atoms with E-state index in [1.807, 2.05) is 55.3 Å². The molecule has 1 aromatic heterocycles. The molecule has 8 heteroatoms. The van der Waals surface area contributed by atoms with Crippen LogP contribution in [-0.2, 0) is 0 Å². The summed E-state index contributed by atoms with van der Waals surface area (Å²) in [5.41, 5.74) is 0.626. The smallest absolute Gasteiger partial charge is 0.278 e. The fourth-order valence-electron chi connectivity index (χ4n) is 4.84. The van der Waals surface area contributed by atoms with Gasteiger partial charge in [-0.05, 0) is 23.6 Å². The number of carbonyl (C=O) groups is 1. The predicted octanol–water partition coefficient (Wildman–Crippen LogP) is 3.81. The SMILES string of the molecule is CC(C)[C@@H]1/C=C\COc2c(F)cccc2[C@H](c2ccccc2)N2CN1C(=O)c1c(O)c(=O)ccn12. The number of ether oxygens (including phenoxy) is 1. The highest BCUT2D eigenvalue weighted by Crippen LogP contribution is 2.38. The van der Waals surface area contributed by atoms with Gasteiger partial charge in [0.1, 0.15) is 19.3 Å². The molecular weight excluding hydrogens is 449 g/mol. The quantitative estimate of drug-likeness (QED) is 0.571. The Morgan fingerprint density at radius 1 is 1.06 bits per heavy atom. The van der Waals surface area contributed by atoms with E-state index < -0.39 is 28.9 Å². The van der Waals surface area contributed by atoms with E-state index in [2.05, 4.69) is 0 Å².